The Morgan fingerprint density at radius 1 is 1.16 bits per heavy atom. The minimum atomic E-state index is -0.368. The molecular formula is C15H13FINO. The molecule has 0 spiro atoms. The van der Waals surface area contributed by atoms with Crippen molar-refractivity contribution in [3.8, 4) is 0 Å². The Bertz CT molecular complexity index is 583. The van der Waals surface area contributed by atoms with Crippen molar-refractivity contribution in [2.75, 3.05) is 0 Å². The monoisotopic (exact) mass is 369 g/mol. The topological polar surface area (TPSA) is 29.1 Å². The van der Waals surface area contributed by atoms with Crippen molar-refractivity contribution >= 4 is 28.5 Å². The van der Waals surface area contributed by atoms with E-state index in [1.165, 1.54) is 6.07 Å². The molecular weight excluding hydrogens is 356 g/mol. The lowest BCUT2D eigenvalue weighted by molar-refractivity contribution is 0.0939. The highest BCUT2D eigenvalue weighted by atomic mass is 127. The van der Waals surface area contributed by atoms with Crippen LogP contribution in [0.1, 0.15) is 28.9 Å². The molecule has 0 bridgehead atoms. The maximum absolute atomic E-state index is 13.6. The minimum absolute atomic E-state index is 0.202. The molecule has 0 aliphatic rings. The zero-order chi connectivity index (χ0) is 13.8. The van der Waals surface area contributed by atoms with Crippen molar-refractivity contribution in [3.05, 3.63) is 69.0 Å². The van der Waals surface area contributed by atoms with E-state index in [0.29, 0.717) is 11.1 Å². The van der Waals surface area contributed by atoms with Crippen molar-refractivity contribution in [2.45, 2.75) is 13.0 Å². The molecule has 0 radical (unpaired) electrons. The van der Waals surface area contributed by atoms with E-state index in [0.717, 1.165) is 3.57 Å². The fraction of sp³-hybridized carbons (Fsp3) is 0.133. The van der Waals surface area contributed by atoms with Crippen LogP contribution in [0.4, 0.5) is 4.39 Å². The molecule has 0 aliphatic heterocycles. The summed E-state index contributed by atoms with van der Waals surface area (Å²) in [4.78, 5) is 12.0. The molecule has 0 fully saturated rings. The van der Waals surface area contributed by atoms with Gasteiger partial charge in [-0.2, -0.15) is 0 Å². The van der Waals surface area contributed by atoms with Crippen LogP contribution in [-0.4, -0.2) is 5.91 Å². The lowest BCUT2D eigenvalue weighted by Crippen LogP contribution is -2.27. The molecule has 0 unspecified atom stereocenters. The van der Waals surface area contributed by atoms with E-state index >= 15 is 0 Å². The van der Waals surface area contributed by atoms with Gasteiger partial charge in [-0.1, -0.05) is 18.2 Å². The van der Waals surface area contributed by atoms with Crippen LogP contribution in [0.15, 0.2) is 48.5 Å². The quantitative estimate of drug-likeness (QED) is 0.817. The Labute approximate surface area is 125 Å². The molecule has 0 saturated heterocycles. The summed E-state index contributed by atoms with van der Waals surface area (Å²) in [5.41, 5.74) is 1.06. The third-order valence-corrected chi connectivity index (χ3v) is 3.54. The molecule has 98 valence electrons. The van der Waals surface area contributed by atoms with E-state index in [9.17, 15) is 9.18 Å². The summed E-state index contributed by atoms with van der Waals surface area (Å²) in [5.74, 6) is -0.509. The first-order valence-corrected chi connectivity index (χ1v) is 6.96. The van der Waals surface area contributed by atoms with Gasteiger partial charge in [0.2, 0.25) is 0 Å². The SMILES string of the molecule is C[C@H](NC(=O)c1ccc(I)cc1)c1ccccc1F. The number of benzene rings is 2. The average molecular weight is 369 g/mol. The van der Waals surface area contributed by atoms with E-state index in [4.69, 9.17) is 0 Å². The normalized spacial score (nSPS) is 11.9. The van der Waals surface area contributed by atoms with Gasteiger partial charge in [-0.15, -0.1) is 0 Å². The third kappa shape index (κ3) is 3.53. The molecule has 2 aromatic rings. The maximum atomic E-state index is 13.6. The van der Waals surface area contributed by atoms with Gasteiger partial charge in [-0.25, -0.2) is 4.39 Å². The van der Waals surface area contributed by atoms with Crippen molar-refractivity contribution in [1.82, 2.24) is 5.32 Å². The van der Waals surface area contributed by atoms with E-state index in [2.05, 4.69) is 27.9 Å². The maximum Gasteiger partial charge on any atom is 0.251 e. The van der Waals surface area contributed by atoms with Crippen LogP contribution >= 0.6 is 22.6 Å². The van der Waals surface area contributed by atoms with Crippen LogP contribution in [0, 0.1) is 9.39 Å². The molecule has 0 aliphatic carbocycles. The summed E-state index contributed by atoms with van der Waals surface area (Å²) in [6, 6.07) is 13.3. The van der Waals surface area contributed by atoms with Crippen LogP contribution in [0.5, 0.6) is 0 Å². The molecule has 4 heteroatoms. The number of carbonyl (C=O) groups is 1. The Morgan fingerprint density at radius 2 is 1.79 bits per heavy atom. The predicted molar refractivity (Wildman–Crippen MR) is 81.4 cm³/mol. The second kappa shape index (κ2) is 6.14. The number of hydrogen-bond donors (Lipinski definition) is 1. The van der Waals surface area contributed by atoms with Gasteiger partial charge < -0.3 is 5.32 Å². The number of halogens is 2. The number of rotatable bonds is 3. The number of hydrogen-bond acceptors (Lipinski definition) is 1. The van der Waals surface area contributed by atoms with E-state index in [1.54, 1.807) is 37.3 Å². The number of carbonyl (C=O) groups excluding carboxylic acids is 1. The molecule has 2 nitrogen and oxygen atoms in total. The second-order valence-electron chi connectivity index (χ2n) is 4.22. The van der Waals surface area contributed by atoms with Crippen LogP contribution in [0.2, 0.25) is 0 Å². The molecule has 2 rings (SSSR count). The lowest BCUT2D eigenvalue weighted by atomic mass is 10.1. The summed E-state index contributed by atoms with van der Waals surface area (Å²) in [7, 11) is 0. The van der Waals surface area contributed by atoms with Gasteiger partial charge in [0.25, 0.3) is 5.91 Å². The minimum Gasteiger partial charge on any atom is -0.345 e. The summed E-state index contributed by atoms with van der Waals surface area (Å²) in [6.45, 7) is 1.77. The van der Waals surface area contributed by atoms with Crippen molar-refractivity contribution in [1.29, 1.82) is 0 Å². The summed E-state index contributed by atoms with van der Waals surface area (Å²) in [6.07, 6.45) is 0. The van der Waals surface area contributed by atoms with Gasteiger partial charge in [-0.05, 0) is 59.8 Å². The van der Waals surface area contributed by atoms with Gasteiger partial charge >= 0.3 is 0 Å². The second-order valence-corrected chi connectivity index (χ2v) is 5.47. The molecule has 0 saturated carbocycles. The van der Waals surface area contributed by atoms with Crippen LogP contribution < -0.4 is 5.32 Å². The Morgan fingerprint density at radius 3 is 2.42 bits per heavy atom. The summed E-state index contributed by atoms with van der Waals surface area (Å²) in [5, 5.41) is 2.79. The first kappa shape index (κ1) is 14.0. The van der Waals surface area contributed by atoms with E-state index in [-0.39, 0.29) is 17.8 Å². The first-order chi connectivity index (χ1) is 9.08. The molecule has 1 N–H and O–H groups in total. The zero-order valence-electron chi connectivity index (χ0n) is 10.4. The van der Waals surface area contributed by atoms with E-state index in [1.807, 2.05) is 12.1 Å². The third-order valence-electron chi connectivity index (χ3n) is 2.83. The highest BCUT2D eigenvalue weighted by Gasteiger charge is 2.14. The number of nitrogens with one attached hydrogen (secondary N) is 1. The van der Waals surface area contributed by atoms with Crippen molar-refractivity contribution < 1.29 is 9.18 Å². The molecule has 1 amide bonds. The van der Waals surface area contributed by atoms with Gasteiger partial charge in [-0.3, -0.25) is 4.79 Å². The van der Waals surface area contributed by atoms with Crippen LogP contribution in [-0.2, 0) is 0 Å². The van der Waals surface area contributed by atoms with Crippen molar-refractivity contribution in [3.63, 3.8) is 0 Å². The van der Waals surface area contributed by atoms with Crippen LogP contribution in [0.3, 0.4) is 0 Å². The van der Waals surface area contributed by atoms with Crippen molar-refractivity contribution in [2.24, 2.45) is 0 Å². The Balaban J connectivity index is 2.11. The van der Waals surface area contributed by atoms with Gasteiger partial charge in [0.1, 0.15) is 5.82 Å². The molecule has 2 aromatic carbocycles. The highest BCUT2D eigenvalue weighted by molar-refractivity contribution is 14.1. The predicted octanol–water partition coefficient (Wildman–Crippen LogP) is 3.92. The summed E-state index contributed by atoms with van der Waals surface area (Å²) < 4.78 is 14.7. The first-order valence-electron chi connectivity index (χ1n) is 5.89. The fourth-order valence-electron chi connectivity index (χ4n) is 1.79. The van der Waals surface area contributed by atoms with E-state index < -0.39 is 0 Å². The zero-order valence-corrected chi connectivity index (χ0v) is 12.5. The smallest absolute Gasteiger partial charge is 0.251 e. The van der Waals surface area contributed by atoms with Gasteiger partial charge in [0.15, 0.2) is 0 Å². The largest absolute Gasteiger partial charge is 0.345 e. The highest BCUT2D eigenvalue weighted by Crippen LogP contribution is 2.17. The standard InChI is InChI=1S/C15H13FINO/c1-10(13-4-2-3-5-14(13)16)18-15(19)11-6-8-12(17)9-7-11/h2-10H,1H3,(H,18,19)/t10-/m0/s1. The van der Waals surface area contributed by atoms with Gasteiger partial charge in [0, 0.05) is 14.7 Å². The molecule has 19 heavy (non-hydrogen) atoms. The molecule has 1 atom stereocenters. The Kier molecular flexibility index (Phi) is 4.52. The molecule has 0 aromatic heterocycles. The molecule has 0 heterocycles. The Hall–Kier alpha value is -1.43. The lowest BCUT2D eigenvalue weighted by Gasteiger charge is -2.15. The van der Waals surface area contributed by atoms with Gasteiger partial charge in [0.05, 0.1) is 6.04 Å². The average Bonchev–Trinajstić information content (AvgIpc) is 2.39. The fourth-order valence-corrected chi connectivity index (χ4v) is 2.14. The number of amides is 1. The van der Waals surface area contributed by atoms with Crippen LogP contribution in [0.25, 0.3) is 0 Å². The summed E-state index contributed by atoms with van der Waals surface area (Å²) >= 11 is 2.18.